The van der Waals surface area contributed by atoms with Crippen LogP contribution in [0.3, 0.4) is 0 Å². The number of hydrogen-bond acceptors (Lipinski definition) is 7. The van der Waals surface area contributed by atoms with Gasteiger partial charge in [0.15, 0.2) is 0 Å². The lowest BCUT2D eigenvalue weighted by Gasteiger charge is -2.45. The number of thioether (sulfide) groups is 1. The van der Waals surface area contributed by atoms with Crippen molar-refractivity contribution in [3.63, 3.8) is 0 Å². The Hall–Kier alpha value is -5.60. The van der Waals surface area contributed by atoms with Crippen molar-refractivity contribution in [3.8, 4) is 5.75 Å². The molecule has 9 rings (SSSR count). The quantitative estimate of drug-likeness (QED) is 0.207. The van der Waals surface area contributed by atoms with Crippen LogP contribution in [0.15, 0.2) is 155 Å². The van der Waals surface area contributed by atoms with Crippen LogP contribution in [0.1, 0.15) is 52.7 Å². The van der Waals surface area contributed by atoms with E-state index >= 15 is 0 Å². The first-order valence-electron chi connectivity index (χ1n) is 16.1. The van der Waals surface area contributed by atoms with E-state index in [4.69, 9.17) is 14.9 Å². The van der Waals surface area contributed by atoms with E-state index in [2.05, 4.69) is 101 Å². The van der Waals surface area contributed by atoms with Crippen LogP contribution < -0.4 is 15.1 Å². The molecule has 8 heteroatoms. The smallest absolute Gasteiger partial charge is 0.314 e. The second-order valence-electron chi connectivity index (χ2n) is 12.3. The molecule has 0 aliphatic carbocycles. The fourth-order valence-corrected chi connectivity index (χ4v) is 7.94. The van der Waals surface area contributed by atoms with Crippen LogP contribution in [-0.4, -0.2) is 27.5 Å². The molecule has 1 fully saturated rings. The Morgan fingerprint density at radius 1 is 0.708 bits per heavy atom. The van der Waals surface area contributed by atoms with Crippen molar-refractivity contribution in [1.82, 2.24) is 10.3 Å². The lowest BCUT2D eigenvalue weighted by Crippen LogP contribution is -2.61. The molecular formula is C40H31N5O2S. The molecule has 0 bridgehead atoms. The molecule has 4 aliphatic heterocycles. The molecule has 1 saturated heterocycles. The third-order valence-electron chi connectivity index (χ3n) is 9.34. The predicted octanol–water partition coefficient (Wildman–Crippen LogP) is 8.74. The summed E-state index contributed by atoms with van der Waals surface area (Å²) >= 11 is 1.15. The minimum atomic E-state index is -1.25. The van der Waals surface area contributed by atoms with Crippen molar-refractivity contribution in [2.45, 2.75) is 30.8 Å². The first-order chi connectivity index (χ1) is 23.6. The Morgan fingerprint density at radius 3 is 2.02 bits per heavy atom. The summed E-state index contributed by atoms with van der Waals surface area (Å²) in [4.78, 5) is 13.9. The average Bonchev–Trinajstić information content (AvgIpc) is 3.87. The van der Waals surface area contributed by atoms with Gasteiger partial charge in [-0.1, -0.05) is 121 Å². The summed E-state index contributed by atoms with van der Waals surface area (Å²) in [6.45, 7) is 0. The van der Waals surface area contributed by atoms with Crippen LogP contribution in [0.4, 0.5) is 10.5 Å². The third kappa shape index (κ3) is 4.88. The largest absolute Gasteiger partial charge is 0.444 e. The summed E-state index contributed by atoms with van der Waals surface area (Å²) < 4.78 is 6.73. The van der Waals surface area contributed by atoms with Gasteiger partial charge in [-0.15, -0.1) is 0 Å². The van der Waals surface area contributed by atoms with Crippen LogP contribution in [0.25, 0.3) is 6.08 Å². The number of benzene rings is 5. The highest BCUT2D eigenvalue weighted by Gasteiger charge is 2.58. The molecule has 4 heterocycles. The van der Waals surface area contributed by atoms with Crippen molar-refractivity contribution in [3.05, 3.63) is 172 Å². The molecule has 1 spiro atoms. The van der Waals surface area contributed by atoms with E-state index in [0.29, 0.717) is 6.42 Å². The molecule has 0 saturated carbocycles. The van der Waals surface area contributed by atoms with Gasteiger partial charge in [0, 0.05) is 18.4 Å². The summed E-state index contributed by atoms with van der Waals surface area (Å²) in [5, 5.41) is 17.3. The Bertz CT molecular complexity index is 2100. The molecule has 1 amide bonds. The fraction of sp³-hybridized carbons (Fsp3) is 0.125. The van der Waals surface area contributed by atoms with Gasteiger partial charge in [-0.25, -0.2) is 5.01 Å². The summed E-state index contributed by atoms with van der Waals surface area (Å²) in [6.07, 6.45) is 3.55. The number of fused-ring (bicyclic) bond motifs is 4. The van der Waals surface area contributed by atoms with Gasteiger partial charge in [0.1, 0.15) is 5.75 Å². The Labute approximate surface area is 283 Å². The number of rotatable bonds is 5. The van der Waals surface area contributed by atoms with E-state index in [-0.39, 0.29) is 17.3 Å². The molecule has 48 heavy (non-hydrogen) atoms. The van der Waals surface area contributed by atoms with Gasteiger partial charge in [0.05, 0.1) is 34.1 Å². The van der Waals surface area contributed by atoms with Crippen LogP contribution in [0, 0.1) is 0 Å². The minimum Gasteiger partial charge on any atom is -0.444 e. The van der Waals surface area contributed by atoms with Crippen LogP contribution in [-0.2, 0) is 0 Å². The number of hydrogen-bond donors (Lipinski definition) is 1. The molecule has 0 aromatic heterocycles. The van der Waals surface area contributed by atoms with E-state index in [0.717, 1.165) is 68.2 Å². The van der Waals surface area contributed by atoms with E-state index in [1.807, 2.05) is 59.6 Å². The van der Waals surface area contributed by atoms with Crippen LogP contribution in [0.5, 0.6) is 5.75 Å². The third-order valence-corrected chi connectivity index (χ3v) is 10.2. The van der Waals surface area contributed by atoms with E-state index in [1.165, 1.54) is 5.56 Å². The Kier molecular flexibility index (Phi) is 6.90. The van der Waals surface area contributed by atoms with Gasteiger partial charge >= 0.3 is 5.85 Å². The number of amides is 1. The maximum Gasteiger partial charge on any atom is 0.314 e. The van der Waals surface area contributed by atoms with Gasteiger partial charge in [-0.3, -0.25) is 15.1 Å². The molecule has 234 valence electrons. The maximum atomic E-state index is 13.2. The average molecular weight is 646 g/mol. The predicted molar refractivity (Wildman–Crippen MR) is 192 cm³/mol. The molecule has 1 N–H and O–H groups in total. The molecule has 5 aromatic rings. The zero-order valence-electron chi connectivity index (χ0n) is 25.9. The number of carbonyl (C=O) groups is 1. The van der Waals surface area contributed by atoms with Crippen LogP contribution in [0.2, 0.25) is 0 Å². The monoisotopic (exact) mass is 645 g/mol. The van der Waals surface area contributed by atoms with Gasteiger partial charge < -0.3 is 4.74 Å². The number of nitrogens with one attached hydrogen (secondary N) is 1. The number of anilines is 1. The zero-order valence-corrected chi connectivity index (χ0v) is 26.8. The fourth-order valence-electron chi connectivity index (χ4n) is 7.03. The standard InChI is InChI=1S/C40H31N5O2S/c46-39-41-40(45-36(32-18-10-11-19-37(32)47-40)26-34(43-45)29-14-6-2-7-15-29)38(48-39)24-27-20-22-31(23-21-27)44-35(30-16-8-3-9-17-30)25-33(42-44)28-12-4-1-5-13-28/h1-24,35-36H,25-26H2,(H,41,46)/b38-24-. The van der Waals surface area contributed by atoms with E-state index in [9.17, 15) is 4.79 Å². The van der Waals surface area contributed by atoms with Gasteiger partial charge in [0.25, 0.3) is 5.24 Å². The van der Waals surface area contributed by atoms with E-state index < -0.39 is 5.85 Å². The molecular weight excluding hydrogens is 615 g/mol. The van der Waals surface area contributed by atoms with Gasteiger partial charge in [-0.05, 0) is 58.3 Å². The first kappa shape index (κ1) is 28.6. The molecule has 3 atom stereocenters. The Morgan fingerprint density at radius 2 is 1.31 bits per heavy atom. The zero-order chi connectivity index (χ0) is 32.1. The summed E-state index contributed by atoms with van der Waals surface area (Å²) in [5.41, 5.74) is 8.45. The highest BCUT2D eigenvalue weighted by atomic mass is 32.2. The molecule has 3 unspecified atom stereocenters. The molecule has 0 radical (unpaired) electrons. The first-order valence-corrected chi connectivity index (χ1v) is 17.0. The summed E-state index contributed by atoms with van der Waals surface area (Å²) in [7, 11) is 0. The summed E-state index contributed by atoms with van der Waals surface area (Å²) in [6, 6.07) is 47.5. The van der Waals surface area contributed by atoms with Gasteiger partial charge in [0.2, 0.25) is 0 Å². The SMILES string of the molecule is O=C1NC2(Oc3ccccc3C3CC(c4ccccc4)=NN32)/C(=C/c2ccc(N3N=C(c4ccccc4)CC3c3ccccc3)cc2)S1. The van der Waals surface area contributed by atoms with Crippen molar-refractivity contribution in [2.75, 3.05) is 5.01 Å². The molecule has 7 nitrogen and oxygen atoms in total. The molecule has 4 aliphatic rings. The lowest BCUT2D eigenvalue weighted by atomic mass is 9.95. The van der Waals surface area contributed by atoms with Gasteiger partial charge in [-0.2, -0.15) is 10.2 Å². The minimum absolute atomic E-state index is 0.0839. The van der Waals surface area contributed by atoms with Crippen molar-refractivity contribution in [2.24, 2.45) is 10.2 Å². The number of para-hydroxylation sites is 1. The second-order valence-corrected chi connectivity index (χ2v) is 13.3. The Balaban J connectivity index is 1.08. The highest BCUT2D eigenvalue weighted by molar-refractivity contribution is 8.17. The van der Waals surface area contributed by atoms with Crippen LogP contribution >= 0.6 is 11.8 Å². The topological polar surface area (TPSA) is 69.5 Å². The molecule has 5 aromatic carbocycles. The van der Waals surface area contributed by atoms with Crippen molar-refractivity contribution < 1.29 is 9.53 Å². The highest BCUT2D eigenvalue weighted by Crippen LogP contribution is 2.52. The number of carbonyl (C=O) groups excluding carboxylic acids is 1. The number of ether oxygens (including phenoxy) is 1. The lowest BCUT2D eigenvalue weighted by molar-refractivity contribution is -0.0949. The van der Waals surface area contributed by atoms with Crippen molar-refractivity contribution >= 4 is 40.2 Å². The summed E-state index contributed by atoms with van der Waals surface area (Å²) in [5.74, 6) is -0.501. The number of hydrazone groups is 2. The number of nitrogens with zero attached hydrogens (tertiary/aromatic N) is 4. The second kappa shape index (κ2) is 11.6. The normalized spacial score (nSPS) is 23.4. The van der Waals surface area contributed by atoms with Crippen molar-refractivity contribution in [1.29, 1.82) is 0 Å². The maximum absolute atomic E-state index is 13.2. The van der Waals surface area contributed by atoms with E-state index in [1.54, 1.807) is 0 Å².